The summed E-state index contributed by atoms with van der Waals surface area (Å²) in [7, 11) is 5.13. The van der Waals surface area contributed by atoms with Gasteiger partial charge in [-0.2, -0.15) is 46.7 Å². The second-order valence-corrected chi connectivity index (χ2v) is 6.56. The summed E-state index contributed by atoms with van der Waals surface area (Å²) in [5.41, 5.74) is 6.65. The molecule has 0 aliphatic heterocycles. The molecule has 3 nitrogen and oxygen atoms in total. The van der Waals surface area contributed by atoms with E-state index in [2.05, 4.69) is 53.7 Å². The third-order valence-electron chi connectivity index (χ3n) is 4.77. The molecule has 2 rings (SSSR count). The van der Waals surface area contributed by atoms with Gasteiger partial charge < -0.3 is 15.9 Å². The Morgan fingerprint density at radius 2 is 1.62 bits per heavy atom. The molecule has 0 bridgehead atoms. The molecule has 0 atom stereocenters. The topological polar surface area (TPSA) is 35.5 Å². The van der Waals surface area contributed by atoms with Crippen molar-refractivity contribution in [2.24, 2.45) is 0 Å². The number of aryl methyl sites for hydroxylation is 2. The van der Waals surface area contributed by atoms with Crippen molar-refractivity contribution in [1.29, 1.82) is 0 Å². The van der Waals surface area contributed by atoms with Crippen LogP contribution in [0.15, 0.2) is 12.1 Å². The Labute approximate surface area is 174 Å². The second-order valence-electron chi connectivity index (χ2n) is 6.56. The van der Waals surface area contributed by atoms with E-state index in [0.29, 0.717) is 0 Å². The van der Waals surface area contributed by atoms with E-state index < -0.39 is 5.97 Å². The first-order chi connectivity index (χ1) is 11.7. The van der Waals surface area contributed by atoms with E-state index in [9.17, 15) is 4.79 Å². The van der Waals surface area contributed by atoms with Crippen LogP contribution in [0.3, 0.4) is 0 Å². The summed E-state index contributed by atoms with van der Waals surface area (Å²) in [6.45, 7) is 14.0. The molecule has 0 saturated heterocycles. The van der Waals surface area contributed by atoms with Gasteiger partial charge in [0.05, 0.1) is 6.10 Å². The van der Waals surface area contributed by atoms with Crippen LogP contribution in [0.4, 0.5) is 0 Å². The Hall–Kier alpha value is -0.857. The third kappa shape index (κ3) is 8.23. The van der Waals surface area contributed by atoms with Crippen molar-refractivity contribution in [2.45, 2.75) is 66.4 Å². The molecule has 0 unspecified atom stereocenters. The Kier molecular flexibility index (Phi) is 12.1. The molecular formula is C21H29BO3W. The monoisotopic (exact) mass is 524 g/mol. The average Bonchev–Trinajstić information content (AvgIpc) is 2.59. The Bertz CT molecular complexity index is 582. The maximum Gasteiger partial charge on any atom is 2.00 e. The number of ether oxygens (including phenoxy) is 2. The number of carbonyl (C=O) groups excluding carboxylic acids is 1. The SMILES string of the molecule is Cc1[c-]c(C)c(C)c(C)c1C.[B]C(=C)C(=O)OCOC1CC[CH-]CC1.[W+2]. The van der Waals surface area contributed by atoms with Crippen molar-refractivity contribution in [3.05, 3.63) is 52.4 Å². The molecule has 1 aromatic rings. The molecule has 0 amide bonds. The second kappa shape index (κ2) is 12.5. The van der Waals surface area contributed by atoms with Crippen LogP contribution in [0, 0.1) is 47.1 Å². The van der Waals surface area contributed by atoms with Crippen LogP contribution in [-0.2, 0) is 35.3 Å². The van der Waals surface area contributed by atoms with Gasteiger partial charge in [-0.1, -0.05) is 54.0 Å². The molecule has 2 radical (unpaired) electrons. The van der Waals surface area contributed by atoms with Gasteiger partial charge in [-0.25, -0.2) is 4.79 Å². The molecule has 0 N–H and O–H groups in total. The van der Waals surface area contributed by atoms with Crippen molar-refractivity contribution >= 4 is 13.8 Å². The minimum Gasteiger partial charge on any atom is -0.436 e. The molecule has 140 valence electrons. The Morgan fingerprint density at radius 3 is 2.08 bits per heavy atom. The molecule has 5 heteroatoms. The average molecular weight is 524 g/mol. The summed E-state index contributed by atoms with van der Waals surface area (Å²) < 4.78 is 10.1. The number of hydrogen-bond donors (Lipinski definition) is 0. The smallest absolute Gasteiger partial charge is 0.436 e. The van der Waals surface area contributed by atoms with E-state index in [1.54, 1.807) is 0 Å². The molecule has 0 spiro atoms. The largest absolute Gasteiger partial charge is 2.00 e. The van der Waals surface area contributed by atoms with Crippen molar-refractivity contribution in [3.8, 4) is 0 Å². The predicted molar refractivity (Wildman–Crippen MR) is 102 cm³/mol. The fraction of sp³-hybridized carbons (Fsp3) is 0.524. The van der Waals surface area contributed by atoms with Gasteiger partial charge in [0, 0.05) is 0 Å². The molecular weight excluding hydrogens is 495 g/mol. The summed E-state index contributed by atoms with van der Waals surface area (Å²) in [5.74, 6) is -0.604. The number of benzene rings is 1. The standard InChI is InChI=1S/C11H15.C10H14BO3.W/c1-7-6-8(2)10(4)11(5)9(7)3;1-8(11)10(12)14-7-13-9-5-3-2-4-6-9;/h1-5H3;2,9H,1,3-7H2;/q2*-1;+2. The van der Waals surface area contributed by atoms with Crippen molar-refractivity contribution < 1.29 is 35.3 Å². The quantitative estimate of drug-likeness (QED) is 0.193. The molecule has 26 heavy (non-hydrogen) atoms. The molecule has 1 aromatic carbocycles. The first-order valence-corrected chi connectivity index (χ1v) is 8.75. The normalized spacial score (nSPS) is 13.9. The first-order valence-electron chi connectivity index (χ1n) is 8.75. The minimum absolute atomic E-state index is 0. The maximum absolute atomic E-state index is 10.9. The summed E-state index contributed by atoms with van der Waals surface area (Å²) in [6.07, 6.45) is 6.60. The van der Waals surface area contributed by atoms with Crippen molar-refractivity contribution in [3.63, 3.8) is 0 Å². The molecule has 1 aliphatic carbocycles. The van der Waals surface area contributed by atoms with E-state index >= 15 is 0 Å². The summed E-state index contributed by atoms with van der Waals surface area (Å²) in [6, 6.07) is 3.35. The minimum atomic E-state index is -0.604. The van der Waals surface area contributed by atoms with Gasteiger partial charge in [0.1, 0.15) is 7.85 Å². The van der Waals surface area contributed by atoms with Crippen LogP contribution in [0.1, 0.15) is 53.5 Å². The Balaban J connectivity index is 0.000000475. The zero-order chi connectivity index (χ0) is 19.0. The van der Waals surface area contributed by atoms with Gasteiger partial charge >= 0.3 is 27.0 Å². The summed E-state index contributed by atoms with van der Waals surface area (Å²) >= 11 is 0. The van der Waals surface area contributed by atoms with E-state index in [1.807, 2.05) is 0 Å². The van der Waals surface area contributed by atoms with E-state index in [-0.39, 0.29) is 39.4 Å². The van der Waals surface area contributed by atoms with Crippen LogP contribution in [0.5, 0.6) is 0 Å². The first kappa shape index (κ1) is 25.1. The molecule has 1 aliphatic rings. The van der Waals surface area contributed by atoms with E-state index in [1.165, 1.54) is 27.8 Å². The van der Waals surface area contributed by atoms with Crippen LogP contribution in [-0.4, -0.2) is 26.7 Å². The maximum atomic E-state index is 10.9. The number of hydrogen-bond acceptors (Lipinski definition) is 3. The number of rotatable bonds is 4. The van der Waals surface area contributed by atoms with Crippen LogP contribution in [0.25, 0.3) is 0 Å². The summed E-state index contributed by atoms with van der Waals surface area (Å²) in [5, 5.41) is 0. The van der Waals surface area contributed by atoms with Crippen LogP contribution in [0.2, 0.25) is 0 Å². The zero-order valence-corrected chi connectivity index (χ0v) is 19.5. The van der Waals surface area contributed by atoms with Gasteiger partial charge in [-0.3, -0.25) is 0 Å². The molecule has 0 aromatic heterocycles. The van der Waals surface area contributed by atoms with Gasteiger partial charge in [-0.05, 0) is 5.47 Å². The zero-order valence-electron chi connectivity index (χ0n) is 16.6. The van der Waals surface area contributed by atoms with E-state index in [0.717, 1.165) is 25.7 Å². The Morgan fingerprint density at radius 1 is 1.12 bits per heavy atom. The van der Waals surface area contributed by atoms with Crippen molar-refractivity contribution in [1.82, 2.24) is 0 Å². The van der Waals surface area contributed by atoms with Crippen LogP contribution < -0.4 is 0 Å². The molecule has 1 saturated carbocycles. The van der Waals surface area contributed by atoms with Gasteiger partial charge in [0.25, 0.3) is 0 Å². The van der Waals surface area contributed by atoms with Gasteiger partial charge in [-0.15, -0.1) is 0 Å². The number of esters is 1. The fourth-order valence-electron chi connectivity index (χ4n) is 2.65. The van der Waals surface area contributed by atoms with Crippen LogP contribution >= 0.6 is 0 Å². The predicted octanol–water partition coefficient (Wildman–Crippen LogP) is 4.36. The number of carbonyl (C=O) groups is 1. The fourth-order valence-corrected chi connectivity index (χ4v) is 2.65. The van der Waals surface area contributed by atoms with E-state index in [4.69, 9.17) is 17.3 Å². The third-order valence-corrected chi connectivity index (χ3v) is 4.77. The summed E-state index contributed by atoms with van der Waals surface area (Å²) in [4.78, 5) is 10.9. The van der Waals surface area contributed by atoms with Crippen molar-refractivity contribution in [2.75, 3.05) is 6.79 Å². The molecule has 0 heterocycles. The van der Waals surface area contributed by atoms with Gasteiger partial charge in [0.15, 0.2) is 6.79 Å². The van der Waals surface area contributed by atoms with Gasteiger partial charge in [0.2, 0.25) is 0 Å². The molecule has 1 fully saturated rings.